The van der Waals surface area contributed by atoms with E-state index in [1.807, 2.05) is 60.7 Å². The quantitative estimate of drug-likeness (QED) is 0.563. The van der Waals surface area contributed by atoms with Gasteiger partial charge in [0.25, 0.3) is 5.91 Å². The molecule has 1 amide bonds. The molecule has 1 aromatic heterocycles. The molecule has 1 N–H and O–H groups in total. The molecule has 0 aliphatic carbocycles. The molecule has 0 bridgehead atoms. The van der Waals surface area contributed by atoms with Gasteiger partial charge in [-0.2, -0.15) is 5.10 Å². The summed E-state index contributed by atoms with van der Waals surface area (Å²) in [6.07, 6.45) is 1.69. The number of benzene rings is 3. The summed E-state index contributed by atoms with van der Waals surface area (Å²) in [5.74, 6) is -0.752. The van der Waals surface area contributed by atoms with E-state index in [1.54, 1.807) is 23.0 Å². The Labute approximate surface area is 155 Å². The molecule has 0 fully saturated rings. The molecule has 0 spiro atoms. The van der Waals surface area contributed by atoms with Gasteiger partial charge in [-0.1, -0.05) is 54.6 Å². The van der Waals surface area contributed by atoms with Gasteiger partial charge in [-0.15, -0.1) is 0 Å². The van der Waals surface area contributed by atoms with E-state index in [9.17, 15) is 9.18 Å². The van der Waals surface area contributed by atoms with Gasteiger partial charge in [0.2, 0.25) is 0 Å². The number of carbonyl (C=O) groups excluding carboxylic acids is 1. The molecule has 0 unspecified atom stereocenters. The fourth-order valence-corrected chi connectivity index (χ4v) is 2.83. The van der Waals surface area contributed by atoms with E-state index in [4.69, 9.17) is 0 Å². The number of nitrogens with one attached hydrogen (secondary N) is 1. The summed E-state index contributed by atoms with van der Waals surface area (Å²) >= 11 is 0. The van der Waals surface area contributed by atoms with Crippen molar-refractivity contribution in [3.8, 4) is 16.9 Å². The third-order valence-electron chi connectivity index (χ3n) is 4.11. The fraction of sp³-hybridized carbons (Fsp3) is 0. The summed E-state index contributed by atoms with van der Waals surface area (Å²) in [7, 11) is 0. The first-order chi connectivity index (χ1) is 13.2. The van der Waals surface area contributed by atoms with E-state index >= 15 is 0 Å². The number of aromatic nitrogens is 2. The number of hydrogen-bond donors (Lipinski definition) is 1. The molecule has 4 nitrogen and oxygen atoms in total. The first-order valence-electron chi connectivity index (χ1n) is 8.48. The maximum atomic E-state index is 13.4. The number of rotatable bonds is 4. The van der Waals surface area contributed by atoms with Gasteiger partial charge in [0, 0.05) is 17.4 Å². The molecular weight excluding hydrogens is 341 g/mol. The first kappa shape index (κ1) is 16.7. The smallest absolute Gasteiger partial charge is 0.259 e. The molecule has 3 aromatic carbocycles. The van der Waals surface area contributed by atoms with Crippen LogP contribution >= 0.6 is 0 Å². The van der Waals surface area contributed by atoms with Crippen molar-refractivity contribution in [1.82, 2.24) is 9.78 Å². The highest BCUT2D eigenvalue weighted by atomic mass is 19.1. The van der Waals surface area contributed by atoms with E-state index in [1.165, 1.54) is 12.1 Å². The summed E-state index contributed by atoms with van der Waals surface area (Å²) < 4.78 is 15.1. The summed E-state index contributed by atoms with van der Waals surface area (Å²) in [5.41, 5.74) is 3.05. The van der Waals surface area contributed by atoms with Gasteiger partial charge in [0.05, 0.1) is 11.3 Å². The van der Waals surface area contributed by atoms with Crippen molar-refractivity contribution in [2.45, 2.75) is 0 Å². The van der Waals surface area contributed by atoms with Crippen molar-refractivity contribution in [3.63, 3.8) is 0 Å². The van der Waals surface area contributed by atoms with Crippen LogP contribution < -0.4 is 5.32 Å². The maximum Gasteiger partial charge on any atom is 0.259 e. The molecule has 1 heterocycles. The van der Waals surface area contributed by atoms with Gasteiger partial charge < -0.3 is 5.32 Å². The third kappa shape index (κ3) is 3.62. The van der Waals surface area contributed by atoms with Crippen LogP contribution in [-0.4, -0.2) is 15.7 Å². The van der Waals surface area contributed by atoms with Crippen LogP contribution in [0.1, 0.15) is 10.4 Å². The van der Waals surface area contributed by atoms with Crippen molar-refractivity contribution >= 4 is 11.6 Å². The molecule has 4 aromatic rings. The van der Waals surface area contributed by atoms with Gasteiger partial charge in [-0.3, -0.25) is 4.79 Å². The van der Waals surface area contributed by atoms with Crippen LogP contribution in [0.5, 0.6) is 0 Å². The van der Waals surface area contributed by atoms with Crippen LogP contribution in [-0.2, 0) is 0 Å². The van der Waals surface area contributed by atoms with Crippen LogP contribution in [0.2, 0.25) is 0 Å². The fourth-order valence-electron chi connectivity index (χ4n) is 2.83. The lowest BCUT2D eigenvalue weighted by Crippen LogP contribution is -2.12. The number of anilines is 1. The Morgan fingerprint density at radius 2 is 1.59 bits per heavy atom. The number of halogens is 1. The standard InChI is InChI=1S/C22H16FN3O/c23-17-10-7-11-18(14-17)24-22(27)20-15-26(19-12-5-2-6-13-19)25-21(20)16-8-3-1-4-9-16/h1-15H,(H,24,27). The molecule has 0 aliphatic heterocycles. The predicted octanol–water partition coefficient (Wildman–Crippen LogP) is 4.93. The summed E-state index contributed by atoms with van der Waals surface area (Å²) in [4.78, 5) is 12.9. The first-order valence-corrected chi connectivity index (χ1v) is 8.48. The number of para-hydroxylation sites is 1. The number of amides is 1. The van der Waals surface area contributed by atoms with E-state index in [2.05, 4.69) is 10.4 Å². The molecule has 0 radical (unpaired) electrons. The average Bonchev–Trinajstić information content (AvgIpc) is 3.15. The number of hydrogen-bond acceptors (Lipinski definition) is 2. The Hall–Kier alpha value is -3.73. The Morgan fingerprint density at radius 3 is 2.30 bits per heavy atom. The zero-order chi connectivity index (χ0) is 18.6. The molecule has 4 rings (SSSR count). The van der Waals surface area contributed by atoms with Crippen LogP contribution in [0.25, 0.3) is 16.9 Å². The van der Waals surface area contributed by atoms with Gasteiger partial charge in [-0.25, -0.2) is 9.07 Å². The normalized spacial score (nSPS) is 10.6. The second-order valence-corrected chi connectivity index (χ2v) is 6.00. The summed E-state index contributed by atoms with van der Waals surface area (Å²) in [6.45, 7) is 0. The Kier molecular flexibility index (Phi) is 4.49. The number of nitrogens with zero attached hydrogens (tertiary/aromatic N) is 2. The monoisotopic (exact) mass is 357 g/mol. The average molecular weight is 357 g/mol. The molecule has 0 aliphatic rings. The molecule has 27 heavy (non-hydrogen) atoms. The van der Waals surface area contributed by atoms with Crippen LogP contribution in [0.3, 0.4) is 0 Å². The van der Waals surface area contributed by atoms with Gasteiger partial charge >= 0.3 is 0 Å². The molecule has 0 saturated carbocycles. The minimum atomic E-state index is -0.406. The molecule has 0 saturated heterocycles. The van der Waals surface area contributed by atoms with E-state index in [0.29, 0.717) is 16.9 Å². The van der Waals surface area contributed by atoms with E-state index in [0.717, 1.165) is 11.3 Å². The van der Waals surface area contributed by atoms with Crippen LogP contribution in [0.15, 0.2) is 91.1 Å². The van der Waals surface area contributed by atoms with Crippen molar-refractivity contribution in [2.75, 3.05) is 5.32 Å². The lowest BCUT2D eigenvalue weighted by molar-refractivity contribution is 0.102. The molecule has 5 heteroatoms. The third-order valence-corrected chi connectivity index (χ3v) is 4.11. The zero-order valence-corrected chi connectivity index (χ0v) is 14.3. The Morgan fingerprint density at radius 1 is 0.889 bits per heavy atom. The van der Waals surface area contributed by atoms with Gasteiger partial charge in [-0.05, 0) is 30.3 Å². The maximum absolute atomic E-state index is 13.4. The van der Waals surface area contributed by atoms with Gasteiger partial charge in [0.1, 0.15) is 11.5 Å². The highest BCUT2D eigenvalue weighted by molar-refractivity contribution is 6.08. The molecule has 132 valence electrons. The van der Waals surface area contributed by atoms with Crippen molar-refractivity contribution in [1.29, 1.82) is 0 Å². The largest absolute Gasteiger partial charge is 0.322 e. The predicted molar refractivity (Wildman–Crippen MR) is 103 cm³/mol. The van der Waals surface area contributed by atoms with E-state index < -0.39 is 5.82 Å². The highest BCUT2D eigenvalue weighted by Crippen LogP contribution is 2.24. The second-order valence-electron chi connectivity index (χ2n) is 6.00. The Balaban J connectivity index is 1.76. The number of carbonyl (C=O) groups is 1. The van der Waals surface area contributed by atoms with Crippen LogP contribution in [0, 0.1) is 5.82 Å². The SMILES string of the molecule is O=C(Nc1cccc(F)c1)c1cn(-c2ccccc2)nc1-c1ccccc1. The second kappa shape index (κ2) is 7.25. The summed E-state index contributed by atoms with van der Waals surface area (Å²) in [5, 5.41) is 7.35. The van der Waals surface area contributed by atoms with E-state index in [-0.39, 0.29) is 5.91 Å². The molecular formula is C22H16FN3O. The highest BCUT2D eigenvalue weighted by Gasteiger charge is 2.19. The zero-order valence-electron chi connectivity index (χ0n) is 14.3. The lowest BCUT2D eigenvalue weighted by atomic mass is 10.1. The van der Waals surface area contributed by atoms with Crippen molar-refractivity contribution in [3.05, 3.63) is 103 Å². The minimum Gasteiger partial charge on any atom is -0.322 e. The minimum absolute atomic E-state index is 0.346. The van der Waals surface area contributed by atoms with Gasteiger partial charge in [0.15, 0.2) is 0 Å². The summed E-state index contributed by atoms with van der Waals surface area (Å²) in [6, 6.07) is 24.9. The van der Waals surface area contributed by atoms with Crippen molar-refractivity contribution in [2.24, 2.45) is 0 Å². The van der Waals surface area contributed by atoms with Crippen LogP contribution in [0.4, 0.5) is 10.1 Å². The van der Waals surface area contributed by atoms with Crippen molar-refractivity contribution < 1.29 is 9.18 Å². The molecule has 0 atom stereocenters. The Bertz CT molecular complexity index is 1080. The topological polar surface area (TPSA) is 46.9 Å². The lowest BCUT2D eigenvalue weighted by Gasteiger charge is -2.05.